The molecular formula is C11H12N3OS+. The normalized spacial score (nSPS) is 17.5. The number of hydrogen-bond acceptors (Lipinski definition) is 2. The van der Waals surface area contributed by atoms with Gasteiger partial charge < -0.3 is 4.74 Å². The van der Waals surface area contributed by atoms with Gasteiger partial charge in [0.1, 0.15) is 0 Å². The van der Waals surface area contributed by atoms with Crippen LogP contribution in [-0.2, 0) is 7.05 Å². The molecule has 0 amide bonds. The molecule has 82 valence electrons. The standard InChI is InChI=1S/C11H11N3OS/c1-7-10-13(2)11(16)12-14(10)8-5-3-4-6-9(8)15-7/h3-7H,1-2H3/p+1. The highest BCUT2D eigenvalue weighted by molar-refractivity contribution is 7.71. The number of para-hydroxylation sites is 2. The van der Waals surface area contributed by atoms with Crippen molar-refractivity contribution in [1.29, 1.82) is 0 Å². The first-order valence-electron chi connectivity index (χ1n) is 5.15. The molecule has 5 heteroatoms. The van der Waals surface area contributed by atoms with Crippen LogP contribution >= 0.6 is 12.2 Å². The van der Waals surface area contributed by atoms with Crippen molar-refractivity contribution in [2.45, 2.75) is 13.0 Å². The van der Waals surface area contributed by atoms with Crippen LogP contribution < -0.4 is 9.30 Å². The molecule has 2 heterocycles. The van der Waals surface area contributed by atoms with E-state index in [4.69, 9.17) is 17.0 Å². The highest BCUT2D eigenvalue weighted by Crippen LogP contribution is 2.32. The highest BCUT2D eigenvalue weighted by atomic mass is 32.1. The van der Waals surface area contributed by atoms with Gasteiger partial charge in [-0.15, -0.1) is 9.78 Å². The van der Waals surface area contributed by atoms with E-state index in [1.807, 2.05) is 47.5 Å². The number of nitrogens with one attached hydrogen (secondary N) is 1. The maximum atomic E-state index is 5.84. The van der Waals surface area contributed by atoms with Crippen LogP contribution in [0.3, 0.4) is 0 Å². The number of H-pyrrole nitrogens is 1. The summed E-state index contributed by atoms with van der Waals surface area (Å²) in [4.78, 5) is 0. The van der Waals surface area contributed by atoms with E-state index in [0.717, 1.165) is 17.3 Å². The maximum absolute atomic E-state index is 5.84. The Kier molecular flexibility index (Phi) is 1.91. The first-order valence-corrected chi connectivity index (χ1v) is 5.56. The molecule has 1 unspecified atom stereocenters. The number of aromatic nitrogens is 3. The van der Waals surface area contributed by atoms with Gasteiger partial charge >= 0.3 is 4.77 Å². The Morgan fingerprint density at radius 2 is 2.19 bits per heavy atom. The SMILES string of the molecule is CC1Oc2ccccc2-n2[nH]c(=S)[n+](C)c21. The van der Waals surface area contributed by atoms with Gasteiger partial charge in [-0.25, -0.2) is 4.57 Å². The number of nitrogens with zero attached hydrogens (tertiary/aromatic N) is 2. The molecular weight excluding hydrogens is 222 g/mol. The Labute approximate surface area is 98.1 Å². The molecule has 0 bridgehead atoms. The van der Waals surface area contributed by atoms with E-state index in [2.05, 4.69) is 5.10 Å². The van der Waals surface area contributed by atoms with Crippen molar-refractivity contribution >= 4 is 12.2 Å². The zero-order valence-electron chi connectivity index (χ0n) is 9.10. The molecule has 1 aromatic heterocycles. The molecule has 0 spiro atoms. The maximum Gasteiger partial charge on any atom is 0.323 e. The summed E-state index contributed by atoms with van der Waals surface area (Å²) < 4.78 is 10.5. The van der Waals surface area contributed by atoms with Crippen LogP contribution in [0.25, 0.3) is 5.69 Å². The molecule has 1 aliphatic rings. The molecule has 2 aromatic rings. The first kappa shape index (κ1) is 9.59. The van der Waals surface area contributed by atoms with Crippen molar-refractivity contribution in [3.8, 4) is 11.4 Å². The van der Waals surface area contributed by atoms with E-state index in [0.29, 0.717) is 4.77 Å². The van der Waals surface area contributed by atoms with Gasteiger partial charge in [-0.1, -0.05) is 12.1 Å². The minimum Gasteiger partial charge on any atom is -0.476 e. The van der Waals surface area contributed by atoms with Crippen molar-refractivity contribution in [1.82, 2.24) is 9.78 Å². The van der Waals surface area contributed by atoms with Crippen LogP contribution in [0.1, 0.15) is 18.9 Å². The molecule has 0 saturated heterocycles. The van der Waals surface area contributed by atoms with Crippen LogP contribution in [0.2, 0.25) is 0 Å². The molecule has 1 aliphatic heterocycles. The Morgan fingerprint density at radius 3 is 3.00 bits per heavy atom. The van der Waals surface area contributed by atoms with Crippen LogP contribution in [-0.4, -0.2) is 9.78 Å². The number of aromatic amines is 1. The minimum atomic E-state index is -0.00662. The zero-order chi connectivity index (χ0) is 11.3. The molecule has 0 saturated carbocycles. The molecule has 3 rings (SSSR count). The Bertz CT molecular complexity index is 614. The lowest BCUT2D eigenvalue weighted by molar-refractivity contribution is -0.689. The molecule has 0 fully saturated rings. The third-order valence-electron chi connectivity index (χ3n) is 2.86. The topological polar surface area (TPSA) is 33.8 Å². The molecule has 1 aromatic carbocycles. The van der Waals surface area contributed by atoms with Crippen molar-refractivity contribution in [2.75, 3.05) is 0 Å². The zero-order valence-corrected chi connectivity index (χ0v) is 9.91. The summed E-state index contributed by atoms with van der Waals surface area (Å²) >= 11 is 5.23. The molecule has 0 radical (unpaired) electrons. The molecule has 16 heavy (non-hydrogen) atoms. The minimum absolute atomic E-state index is 0.00662. The summed E-state index contributed by atoms with van der Waals surface area (Å²) in [5.74, 6) is 1.91. The fourth-order valence-electron chi connectivity index (χ4n) is 2.10. The Morgan fingerprint density at radius 1 is 1.44 bits per heavy atom. The van der Waals surface area contributed by atoms with Gasteiger partial charge in [0.2, 0.25) is 0 Å². The lowest BCUT2D eigenvalue weighted by Gasteiger charge is -2.19. The van der Waals surface area contributed by atoms with Crippen molar-refractivity contribution < 1.29 is 9.30 Å². The number of rotatable bonds is 0. The average Bonchev–Trinajstić information content (AvgIpc) is 2.57. The van der Waals surface area contributed by atoms with Crippen LogP contribution in [0, 0.1) is 4.77 Å². The second kappa shape index (κ2) is 3.18. The second-order valence-electron chi connectivity index (χ2n) is 3.90. The number of hydrogen-bond donors (Lipinski definition) is 1. The van der Waals surface area contributed by atoms with Gasteiger partial charge in [-0.05, 0) is 31.3 Å². The van der Waals surface area contributed by atoms with Gasteiger partial charge in [0, 0.05) is 0 Å². The molecule has 0 aliphatic carbocycles. The van der Waals surface area contributed by atoms with Crippen molar-refractivity contribution in [3.05, 3.63) is 34.9 Å². The summed E-state index contributed by atoms with van der Waals surface area (Å²) in [5.41, 5.74) is 1.00. The largest absolute Gasteiger partial charge is 0.476 e. The summed E-state index contributed by atoms with van der Waals surface area (Å²) in [6.45, 7) is 2.02. The van der Waals surface area contributed by atoms with Crippen LogP contribution in [0.5, 0.6) is 5.75 Å². The van der Waals surface area contributed by atoms with Gasteiger partial charge in [-0.3, -0.25) is 0 Å². The second-order valence-corrected chi connectivity index (χ2v) is 4.28. The van der Waals surface area contributed by atoms with E-state index in [1.165, 1.54) is 0 Å². The summed E-state index contributed by atoms with van der Waals surface area (Å²) in [7, 11) is 1.94. The lowest BCUT2D eigenvalue weighted by Crippen LogP contribution is -2.37. The summed E-state index contributed by atoms with van der Waals surface area (Å²) in [5, 5.41) is 3.17. The molecule has 1 N–H and O–H groups in total. The van der Waals surface area contributed by atoms with Crippen LogP contribution in [0.4, 0.5) is 0 Å². The Balaban J connectivity index is 2.37. The van der Waals surface area contributed by atoms with Gasteiger partial charge in [0.25, 0.3) is 5.82 Å². The third-order valence-corrected chi connectivity index (χ3v) is 3.22. The van der Waals surface area contributed by atoms with E-state index >= 15 is 0 Å². The number of benzene rings is 1. The van der Waals surface area contributed by atoms with Crippen molar-refractivity contribution in [2.24, 2.45) is 7.05 Å². The quantitative estimate of drug-likeness (QED) is 0.557. The van der Waals surface area contributed by atoms with E-state index < -0.39 is 0 Å². The fourth-order valence-corrected chi connectivity index (χ4v) is 2.29. The lowest BCUT2D eigenvalue weighted by atomic mass is 10.2. The van der Waals surface area contributed by atoms with Crippen LogP contribution in [0.15, 0.2) is 24.3 Å². The Hall–Kier alpha value is -1.62. The van der Waals surface area contributed by atoms with Gasteiger partial charge in [0.05, 0.1) is 7.05 Å². The van der Waals surface area contributed by atoms with E-state index in [9.17, 15) is 0 Å². The summed E-state index contributed by atoms with van der Waals surface area (Å²) in [6.07, 6.45) is -0.00662. The van der Waals surface area contributed by atoms with Crippen molar-refractivity contribution in [3.63, 3.8) is 0 Å². The fraction of sp³-hybridized carbons (Fsp3) is 0.273. The predicted molar refractivity (Wildman–Crippen MR) is 61.2 cm³/mol. The van der Waals surface area contributed by atoms with Gasteiger partial charge in [0.15, 0.2) is 17.5 Å². The number of fused-ring (bicyclic) bond motifs is 3. The predicted octanol–water partition coefficient (Wildman–Crippen LogP) is 1.81. The van der Waals surface area contributed by atoms with E-state index in [1.54, 1.807) is 0 Å². The monoisotopic (exact) mass is 234 g/mol. The first-order chi connectivity index (χ1) is 7.68. The molecule has 1 atom stereocenters. The highest BCUT2D eigenvalue weighted by Gasteiger charge is 2.32. The summed E-state index contributed by atoms with van der Waals surface area (Å²) in [6, 6.07) is 7.93. The van der Waals surface area contributed by atoms with Gasteiger partial charge in [-0.2, -0.15) is 0 Å². The smallest absolute Gasteiger partial charge is 0.323 e. The third kappa shape index (κ3) is 1.15. The molecule has 4 nitrogen and oxygen atoms in total. The average molecular weight is 234 g/mol. The number of ether oxygens (including phenoxy) is 1. The van der Waals surface area contributed by atoms with E-state index in [-0.39, 0.29) is 6.10 Å².